The van der Waals surface area contributed by atoms with Crippen LogP contribution in [0.2, 0.25) is 0 Å². The third kappa shape index (κ3) is 25.6. The molecule has 0 bridgehead atoms. The zero-order valence-electron chi connectivity index (χ0n) is 69.6. The Morgan fingerprint density at radius 2 is 0.532 bits per heavy atom. The molecule has 1 N–H and O–H groups in total. The second kappa shape index (κ2) is 49.4. The molecule has 0 saturated heterocycles. The number of hydrogen-bond acceptors (Lipinski definition) is 10. The normalized spacial score (nSPS) is 16.5. The van der Waals surface area contributed by atoms with Gasteiger partial charge in [-0.05, 0) is 134 Å². The van der Waals surface area contributed by atoms with E-state index in [4.69, 9.17) is 0 Å². The molecular formula is C96H146N4O4S5. The highest BCUT2D eigenvalue weighted by Crippen LogP contribution is 2.54. The minimum Gasteiger partial charge on any atom is -0.369 e. The molecule has 0 aromatic carbocycles. The molecule has 3 amide bonds. The standard InChI is InChI=1S/C96H146N4O4S5/c1-9-17-25-33-37-45-55-73(51-41-29-21-13-5)69-97-89(81-59-49-67-105-81)85-87(95(97)103)91(99(93(85)101)71-75(53-43-31-23-15-7)57-47-39-35-27-19-11-3)83-65-63-79(108-83)77-61-62-78(107-77)80-64-66-84(109-80)92-88-86(94(102)100(92)72-76(54-44-32-24-16-8)58-48-40-36-28-20-12-4)90(82-60-50-68-106-82)98(96(88)104)70-74(52-42-30-22-14-6)56-46-38-34-26-18-10-2/h49-50,59-68,73-76,93,101H,9-48,51-58,69-72H2,1-8H3. The van der Waals surface area contributed by atoms with Crippen LogP contribution in [0.25, 0.3) is 42.3 Å². The van der Waals surface area contributed by atoms with Gasteiger partial charge in [0.1, 0.15) is 0 Å². The van der Waals surface area contributed by atoms with Crippen molar-refractivity contribution in [2.75, 3.05) is 26.2 Å². The summed E-state index contributed by atoms with van der Waals surface area (Å²) in [6.45, 7) is 21.0. The minimum absolute atomic E-state index is 0.00979. The monoisotopic (exact) mass is 1580 g/mol. The number of fused-ring (bicyclic) bond motifs is 2. The molecule has 604 valence electrons. The van der Waals surface area contributed by atoms with Crippen LogP contribution < -0.4 is 0 Å². The van der Waals surface area contributed by atoms with Gasteiger partial charge in [0.15, 0.2) is 6.23 Å². The molecule has 5 aromatic heterocycles. The summed E-state index contributed by atoms with van der Waals surface area (Å²) in [6.07, 6.45) is 57.4. The van der Waals surface area contributed by atoms with Crippen LogP contribution in [0.1, 0.15) is 383 Å². The Kier molecular flexibility index (Phi) is 40.2. The molecule has 9 heterocycles. The van der Waals surface area contributed by atoms with Gasteiger partial charge in [0.2, 0.25) is 0 Å². The van der Waals surface area contributed by atoms with Crippen LogP contribution >= 0.6 is 56.7 Å². The molecule has 0 saturated carbocycles. The van der Waals surface area contributed by atoms with Gasteiger partial charge in [0, 0.05) is 51.3 Å². The summed E-state index contributed by atoms with van der Waals surface area (Å²) >= 11 is 8.68. The van der Waals surface area contributed by atoms with Crippen molar-refractivity contribution in [1.82, 2.24) is 19.6 Å². The number of unbranched alkanes of at least 4 members (excludes halogenated alkanes) is 32. The molecule has 9 rings (SSSR count). The first-order chi connectivity index (χ1) is 53.5. The van der Waals surface area contributed by atoms with E-state index in [1.807, 2.05) is 0 Å². The Morgan fingerprint density at radius 1 is 0.284 bits per heavy atom. The van der Waals surface area contributed by atoms with Crippen LogP contribution in [0.15, 0.2) is 93.7 Å². The Labute approximate surface area is 683 Å². The summed E-state index contributed by atoms with van der Waals surface area (Å²) < 4.78 is 0. The van der Waals surface area contributed by atoms with E-state index in [-0.39, 0.29) is 17.7 Å². The van der Waals surface area contributed by atoms with Gasteiger partial charge in [-0.15, -0.1) is 56.7 Å². The second-order valence-corrected chi connectivity index (χ2v) is 38.4. The highest BCUT2D eigenvalue weighted by molar-refractivity contribution is 7.27. The predicted molar refractivity (Wildman–Crippen MR) is 476 cm³/mol. The highest BCUT2D eigenvalue weighted by Gasteiger charge is 2.52. The first-order valence-electron chi connectivity index (χ1n) is 45.3. The average Bonchev–Trinajstić information content (AvgIpc) is 1.56. The lowest BCUT2D eigenvalue weighted by molar-refractivity contribution is -0.124. The van der Waals surface area contributed by atoms with Crippen LogP contribution in [0.5, 0.6) is 0 Å². The van der Waals surface area contributed by atoms with Crippen LogP contribution in [-0.2, 0) is 14.4 Å². The fourth-order valence-electron chi connectivity index (χ4n) is 17.9. The minimum atomic E-state index is -0.935. The van der Waals surface area contributed by atoms with Gasteiger partial charge in [-0.3, -0.25) is 14.4 Å². The Bertz CT molecular complexity index is 3560. The summed E-state index contributed by atoms with van der Waals surface area (Å²) in [5.41, 5.74) is 6.34. The molecule has 0 radical (unpaired) electrons. The maximum Gasteiger partial charge on any atom is 0.261 e. The lowest BCUT2D eigenvalue weighted by atomic mass is 9.93. The van der Waals surface area contributed by atoms with Gasteiger partial charge >= 0.3 is 0 Å². The molecule has 4 aliphatic heterocycles. The Morgan fingerprint density at radius 3 is 0.853 bits per heavy atom. The lowest BCUT2D eigenvalue weighted by Gasteiger charge is -2.33. The van der Waals surface area contributed by atoms with E-state index in [1.165, 1.54) is 255 Å². The maximum atomic E-state index is 16.1. The molecule has 4 aliphatic rings. The number of thiophene rings is 5. The van der Waals surface area contributed by atoms with Crippen molar-refractivity contribution in [2.45, 2.75) is 370 Å². The van der Waals surface area contributed by atoms with Crippen LogP contribution in [0.3, 0.4) is 0 Å². The number of nitrogens with zero attached hydrogens (tertiary/aromatic N) is 4. The van der Waals surface area contributed by atoms with Crippen molar-refractivity contribution in [3.05, 3.63) is 113 Å². The first-order valence-corrected chi connectivity index (χ1v) is 49.5. The van der Waals surface area contributed by atoms with Crippen LogP contribution in [0.4, 0.5) is 0 Å². The topological polar surface area (TPSA) is 84.4 Å². The quantitative estimate of drug-likeness (QED) is 0.0392. The predicted octanol–water partition coefficient (Wildman–Crippen LogP) is 30.1. The number of hydrogen-bond donors (Lipinski definition) is 1. The van der Waals surface area contributed by atoms with Crippen molar-refractivity contribution in [3.8, 4) is 19.5 Å². The molecule has 0 aliphatic carbocycles. The van der Waals surface area contributed by atoms with Gasteiger partial charge in [-0.25, -0.2) is 0 Å². The zero-order chi connectivity index (χ0) is 77.0. The number of rotatable bonds is 62. The van der Waals surface area contributed by atoms with Gasteiger partial charge in [0.05, 0.1) is 59.0 Å². The molecule has 0 fully saturated rings. The lowest BCUT2D eigenvalue weighted by Crippen LogP contribution is -2.36. The van der Waals surface area contributed by atoms with Crippen molar-refractivity contribution >= 4 is 97.2 Å². The molecule has 5 aromatic rings. The van der Waals surface area contributed by atoms with E-state index in [1.54, 1.807) is 56.7 Å². The van der Waals surface area contributed by atoms with Crippen molar-refractivity contribution in [3.63, 3.8) is 0 Å². The fourth-order valence-corrected chi connectivity index (χ4v) is 22.9. The van der Waals surface area contributed by atoms with Crippen molar-refractivity contribution in [2.24, 2.45) is 23.7 Å². The van der Waals surface area contributed by atoms with Gasteiger partial charge in [-0.1, -0.05) is 324 Å². The summed E-state index contributed by atoms with van der Waals surface area (Å²) in [6, 6.07) is 22.1. The van der Waals surface area contributed by atoms with Crippen LogP contribution in [0, 0.1) is 23.7 Å². The third-order valence-corrected chi connectivity index (χ3v) is 29.7. The molecule has 5 atom stereocenters. The van der Waals surface area contributed by atoms with Crippen molar-refractivity contribution in [1.29, 1.82) is 0 Å². The van der Waals surface area contributed by atoms with Crippen molar-refractivity contribution < 1.29 is 19.5 Å². The average molecular weight is 1580 g/mol. The number of aliphatic hydroxyl groups excluding tert-OH is 1. The smallest absolute Gasteiger partial charge is 0.261 e. The highest BCUT2D eigenvalue weighted by atomic mass is 32.1. The molecule has 109 heavy (non-hydrogen) atoms. The zero-order valence-corrected chi connectivity index (χ0v) is 73.7. The molecule has 13 heteroatoms. The SMILES string of the molecule is CCCCCCCCC(CCCCCC)CN1C(=O)C2=C(c3ccc(-c4ccc(-c5ccc(C6=C7C(=O)N(CC(CCCCCC)CCCCCCCC)C(c8cccs8)=C7C(O)N6CC(CCCCCC)CCCCCCCC)s5)s4)s3)N(CC(CCCCCC)CCCCCCCC)C(=O)C2=C1c1cccs1. The van der Waals surface area contributed by atoms with E-state index < -0.39 is 6.23 Å². The summed E-state index contributed by atoms with van der Waals surface area (Å²) in [7, 11) is 0. The first kappa shape index (κ1) is 88.6. The van der Waals surface area contributed by atoms with E-state index in [0.29, 0.717) is 54.5 Å². The van der Waals surface area contributed by atoms with E-state index in [9.17, 15) is 5.11 Å². The fraction of sp³-hybridized carbons (Fsp3) is 0.677. The van der Waals surface area contributed by atoms with Crippen LogP contribution in [-0.4, -0.2) is 74.8 Å². The number of aliphatic hydroxyl groups is 1. The Hall–Kier alpha value is -4.37. The molecule has 5 unspecified atom stereocenters. The van der Waals surface area contributed by atoms with Gasteiger partial charge in [0.25, 0.3) is 17.7 Å². The second-order valence-electron chi connectivity index (χ2n) is 33.2. The van der Waals surface area contributed by atoms with E-state index >= 15 is 14.4 Å². The Balaban J connectivity index is 1.09. The number of carbonyl (C=O) groups excluding carboxylic acids is 3. The number of amides is 3. The summed E-state index contributed by atoms with van der Waals surface area (Å²) in [5, 5.41) is 17.7. The largest absolute Gasteiger partial charge is 0.369 e. The summed E-state index contributed by atoms with van der Waals surface area (Å²) in [4.78, 5) is 65.6. The third-order valence-electron chi connectivity index (χ3n) is 24.3. The molecular weight excluding hydrogens is 1430 g/mol. The summed E-state index contributed by atoms with van der Waals surface area (Å²) in [5.74, 6) is 1.57. The molecule has 0 spiro atoms. The van der Waals surface area contributed by atoms with Gasteiger partial charge < -0.3 is 24.7 Å². The number of carbonyl (C=O) groups is 3. The van der Waals surface area contributed by atoms with E-state index in [0.717, 1.165) is 132 Å². The van der Waals surface area contributed by atoms with E-state index in [2.05, 4.69) is 146 Å². The maximum absolute atomic E-state index is 16.1. The molecule has 8 nitrogen and oxygen atoms in total. The van der Waals surface area contributed by atoms with Gasteiger partial charge in [-0.2, -0.15) is 0 Å².